The Bertz CT molecular complexity index is 1300. The zero-order valence-corrected chi connectivity index (χ0v) is 15.9. The van der Waals surface area contributed by atoms with E-state index in [2.05, 4.69) is 46.3 Å². The van der Waals surface area contributed by atoms with Crippen molar-refractivity contribution >= 4 is 11.0 Å². The monoisotopic (exact) mass is 389 g/mol. The fourth-order valence-corrected chi connectivity index (χ4v) is 3.78. The molecule has 29 heavy (non-hydrogen) atoms. The number of fused-ring (bicyclic) bond motifs is 1. The maximum Gasteiger partial charge on any atom is 0.437 e. The first kappa shape index (κ1) is 17.5. The van der Waals surface area contributed by atoms with Gasteiger partial charge in [-0.15, -0.1) is 5.10 Å². The van der Waals surface area contributed by atoms with E-state index in [0.717, 1.165) is 12.8 Å². The fraction of sp³-hybridized carbons (Fsp3) is 0.286. The minimum Gasteiger partial charge on any atom is -0.390 e. The van der Waals surface area contributed by atoms with Gasteiger partial charge in [0.1, 0.15) is 12.9 Å². The lowest BCUT2D eigenvalue weighted by Gasteiger charge is -2.34. The second-order valence-corrected chi connectivity index (χ2v) is 7.49. The number of nitrogens with zero attached hydrogens (tertiary/aromatic N) is 5. The summed E-state index contributed by atoms with van der Waals surface area (Å²) < 4.78 is 8.07. The molecular formula is C21H19N5O3. The Morgan fingerprint density at radius 3 is 2.69 bits per heavy atom. The van der Waals surface area contributed by atoms with E-state index >= 15 is 0 Å². The lowest BCUT2D eigenvalue weighted by atomic mass is 9.76. The molecule has 0 aliphatic heterocycles. The summed E-state index contributed by atoms with van der Waals surface area (Å²) in [5, 5.41) is 4.74. The van der Waals surface area contributed by atoms with Crippen molar-refractivity contribution < 1.29 is 4.42 Å². The van der Waals surface area contributed by atoms with Gasteiger partial charge in [0.15, 0.2) is 5.65 Å². The Morgan fingerprint density at radius 2 is 1.90 bits per heavy atom. The summed E-state index contributed by atoms with van der Waals surface area (Å²) in [6.45, 7) is 2.11. The van der Waals surface area contributed by atoms with E-state index in [0.29, 0.717) is 17.0 Å². The maximum absolute atomic E-state index is 12.6. The molecule has 146 valence electrons. The van der Waals surface area contributed by atoms with Crippen LogP contribution in [0.5, 0.6) is 0 Å². The van der Waals surface area contributed by atoms with Gasteiger partial charge in [0, 0.05) is 6.20 Å². The summed E-state index contributed by atoms with van der Waals surface area (Å²) in [5.41, 5.74) is 2.66. The Labute approximate surface area is 165 Å². The summed E-state index contributed by atoms with van der Waals surface area (Å²) in [7, 11) is 0. The molecule has 0 bridgehead atoms. The van der Waals surface area contributed by atoms with E-state index in [1.165, 1.54) is 26.7 Å². The van der Waals surface area contributed by atoms with Crippen LogP contribution in [0.2, 0.25) is 0 Å². The second kappa shape index (κ2) is 6.80. The summed E-state index contributed by atoms with van der Waals surface area (Å²) in [6, 6.07) is 11.9. The van der Waals surface area contributed by atoms with Crippen molar-refractivity contribution in [2.24, 2.45) is 0 Å². The van der Waals surface area contributed by atoms with E-state index in [-0.39, 0.29) is 24.0 Å². The molecule has 0 unspecified atom stereocenters. The van der Waals surface area contributed by atoms with E-state index in [1.54, 1.807) is 18.3 Å². The topological polar surface area (TPSA) is 95.8 Å². The lowest BCUT2D eigenvalue weighted by molar-refractivity contribution is 0.233. The van der Waals surface area contributed by atoms with Gasteiger partial charge in [-0.05, 0) is 43.4 Å². The van der Waals surface area contributed by atoms with Crippen LogP contribution in [0.15, 0.2) is 62.9 Å². The molecular weight excluding hydrogens is 370 g/mol. The van der Waals surface area contributed by atoms with Crippen molar-refractivity contribution in [1.82, 2.24) is 24.3 Å². The molecule has 0 N–H and O–H groups in total. The minimum atomic E-state index is -0.490. The van der Waals surface area contributed by atoms with E-state index < -0.39 is 5.76 Å². The molecule has 1 saturated carbocycles. The van der Waals surface area contributed by atoms with Gasteiger partial charge in [-0.3, -0.25) is 9.36 Å². The molecule has 1 fully saturated rings. The minimum absolute atomic E-state index is 0.0157. The van der Waals surface area contributed by atoms with Crippen LogP contribution in [0, 0.1) is 6.92 Å². The average Bonchev–Trinajstić information content (AvgIpc) is 3.04. The van der Waals surface area contributed by atoms with Gasteiger partial charge in [0.25, 0.3) is 5.56 Å². The van der Waals surface area contributed by atoms with Crippen molar-refractivity contribution in [1.29, 1.82) is 0 Å². The Morgan fingerprint density at radius 1 is 1.10 bits per heavy atom. The molecule has 0 radical (unpaired) electrons. The fourth-order valence-electron chi connectivity index (χ4n) is 3.78. The molecule has 1 aliphatic rings. The molecule has 3 heterocycles. The lowest BCUT2D eigenvalue weighted by Crippen LogP contribution is -2.31. The van der Waals surface area contributed by atoms with Crippen molar-refractivity contribution in [3.05, 3.63) is 86.8 Å². The van der Waals surface area contributed by atoms with Gasteiger partial charge in [0.2, 0.25) is 5.89 Å². The van der Waals surface area contributed by atoms with Gasteiger partial charge < -0.3 is 4.42 Å². The summed E-state index contributed by atoms with van der Waals surface area (Å²) in [4.78, 5) is 33.1. The SMILES string of the molecule is Cc1ccc(C2CC(n3nc(Cn4cnc5ncccc5c4=O)oc3=O)C2)cc1. The first-order chi connectivity index (χ1) is 14.1. The molecule has 8 nitrogen and oxygen atoms in total. The highest BCUT2D eigenvalue weighted by atomic mass is 16.4. The number of benzene rings is 1. The van der Waals surface area contributed by atoms with Crippen molar-refractivity contribution in [2.45, 2.75) is 38.3 Å². The van der Waals surface area contributed by atoms with Crippen molar-refractivity contribution in [3.63, 3.8) is 0 Å². The van der Waals surface area contributed by atoms with Crippen LogP contribution in [-0.2, 0) is 6.54 Å². The number of aromatic nitrogens is 5. The first-order valence-electron chi connectivity index (χ1n) is 9.54. The number of hydrogen-bond donors (Lipinski definition) is 0. The number of hydrogen-bond acceptors (Lipinski definition) is 6. The van der Waals surface area contributed by atoms with Crippen LogP contribution < -0.4 is 11.3 Å². The molecule has 0 saturated heterocycles. The Hall–Kier alpha value is -3.55. The molecule has 1 aromatic carbocycles. The van der Waals surface area contributed by atoms with Gasteiger partial charge >= 0.3 is 5.76 Å². The van der Waals surface area contributed by atoms with Crippen LogP contribution >= 0.6 is 0 Å². The highest BCUT2D eigenvalue weighted by Gasteiger charge is 2.34. The van der Waals surface area contributed by atoms with Crippen molar-refractivity contribution in [3.8, 4) is 0 Å². The van der Waals surface area contributed by atoms with Gasteiger partial charge in [0.05, 0.1) is 11.4 Å². The average molecular weight is 389 g/mol. The van der Waals surface area contributed by atoms with E-state index in [9.17, 15) is 9.59 Å². The van der Waals surface area contributed by atoms with Crippen LogP contribution in [0.3, 0.4) is 0 Å². The largest absolute Gasteiger partial charge is 0.437 e. The highest BCUT2D eigenvalue weighted by molar-refractivity contribution is 5.72. The molecule has 4 aromatic rings. The summed E-state index contributed by atoms with van der Waals surface area (Å²) in [5.74, 6) is 0.129. The van der Waals surface area contributed by atoms with Gasteiger partial charge in [-0.25, -0.2) is 14.8 Å². The summed E-state index contributed by atoms with van der Waals surface area (Å²) >= 11 is 0. The third-order valence-corrected chi connectivity index (χ3v) is 5.52. The number of aryl methyl sites for hydroxylation is 1. The third-order valence-electron chi connectivity index (χ3n) is 5.52. The van der Waals surface area contributed by atoms with E-state index in [4.69, 9.17) is 4.42 Å². The van der Waals surface area contributed by atoms with E-state index in [1.807, 2.05) is 0 Å². The quantitative estimate of drug-likeness (QED) is 0.532. The number of rotatable bonds is 4. The zero-order valence-electron chi connectivity index (χ0n) is 15.9. The maximum atomic E-state index is 12.6. The summed E-state index contributed by atoms with van der Waals surface area (Å²) in [6.07, 6.45) is 4.67. The molecule has 0 amide bonds. The third kappa shape index (κ3) is 3.16. The first-order valence-corrected chi connectivity index (χ1v) is 9.54. The van der Waals surface area contributed by atoms with Gasteiger partial charge in [-0.2, -0.15) is 4.68 Å². The molecule has 5 rings (SSSR count). The van der Waals surface area contributed by atoms with Crippen LogP contribution in [-0.4, -0.2) is 24.3 Å². The number of pyridine rings is 1. The van der Waals surface area contributed by atoms with Crippen LogP contribution in [0.4, 0.5) is 0 Å². The molecule has 3 aromatic heterocycles. The highest BCUT2D eigenvalue weighted by Crippen LogP contribution is 2.43. The smallest absolute Gasteiger partial charge is 0.390 e. The predicted octanol–water partition coefficient (Wildman–Crippen LogP) is 2.42. The van der Waals surface area contributed by atoms with Crippen molar-refractivity contribution in [2.75, 3.05) is 0 Å². The zero-order chi connectivity index (χ0) is 20.0. The van der Waals surface area contributed by atoms with Crippen LogP contribution in [0.25, 0.3) is 11.0 Å². The Kier molecular flexibility index (Phi) is 4.12. The predicted molar refractivity (Wildman–Crippen MR) is 106 cm³/mol. The van der Waals surface area contributed by atoms with Gasteiger partial charge in [-0.1, -0.05) is 29.8 Å². The molecule has 1 aliphatic carbocycles. The Balaban J connectivity index is 1.34. The normalized spacial score (nSPS) is 18.7. The van der Waals surface area contributed by atoms with Crippen LogP contribution in [0.1, 0.15) is 41.8 Å². The molecule has 0 atom stereocenters. The standard InChI is InChI=1S/C21H19N5O3/c1-13-4-6-14(7-5-13)15-9-16(10-15)26-21(28)29-18(24-26)11-25-12-23-19-17(20(25)27)3-2-8-22-19/h2-8,12,15-16H,9-11H2,1H3. The molecule has 0 spiro atoms. The second-order valence-electron chi connectivity index (χ2n) is 7.49. The molecule has 8 heteroatoms.